The smallest absolute Gasteiger partial charge is 0.130 e. The van der Waals surface area contributed by atoms with Gasteiger partial charge in [-0.3, -0.25) is 20.0 Å². The summed E-state index contributed by atoms with van der Waals surface area (Å²) in [5.41, 5.74) is 4.65. The van der Waals surface area contributed by atoms with Gasteiger partial charge in [0, 0.05) is 0 Å². The summed E-state index contributed by atoms with van der Waals surface area (Å²) in [5.74, 6) is 0. The van der Waals surface area contributed by atoms with Crippen molar-refractivity contribution < 1.29 is 0 Å². The number of rotatable bonds is 4. The van der Waals surface area contributed by atoms with E-state index in [2.05, 4.69) is 141 Å². The van der Waals surface area contributed by atoms with Crippen LogP contribution in [0.1, 0.15) is 0 Å². The third-order valence-electron chi connectivity index (χ3n) is 5.34. The lowest BCUT2D eigenvalue weighted by molar-refractivity contribution is 0.568. The third-order valence-corrected chi connectivity index (χ3v) is 5.34. The molecule has 1 heterocycles. The van der Waals surface area contributed by atoms with E-state index < -0.39 is 0 Å². The van der Waals surface area contributed by atoms with E-state index in [-0.39, 0.29) is 0 Å². The lowest BCUT2D eigenvalue weighted by Gasteiger charge is -2.52. The molecule has 4 aromatic rings. The van der Waals surface area contributed by atoms with Gasteiger partial charge in [-0.25, -0.2) is 0 Å². The first-order valence-corrected chi connectivity index (χ1v) is 10.2. The Morgan fingerprint density at radius 1 is 0.300 bits per heavy atom. The van der Waals surface area contributed by atoms with Gasteiger partial charge in [-0.05, 0) is 48.5 Å². The molecule has 0 unspecified atom stereocenters. The maximum absolute atomic E-state index is 2.34. The second-order valence-corrected chi connectivity index (χ2v) is 7.22. The maximum atomic E-state index is 2.34. The van der Waals surface area contributed by atoms with Crippen LogP contribution in [0.15, 0.2) is 121 Å². The van der Waals surface area contributed by atoms with Crippen LogP contribution in [0.5, 0.6) is 0 Å². The van der Waals surface area contributed by atoms with E-state index in [1.807, 2.05) is 0 Å². The van der Waals surface area contributed by atoms with Gasteiger partial charge >= 0.3 is 0 Å². The minimum absolute atomic E-state index is 0.692. The minimum Gasteiger partial charge on any atom is -0.262 e. The van der Waals surface area contributed by atoms with Crippen LogP contribution in [0, 0.1) is 0 Å². The maximum Gasteiger partial charge on any atom is 0.130 e. The molecule has 0 bridgehead atoms. The molecule has 0 N–H and O–H groups in total. The zero-order chi connectivity index (χ0) is 20.2. The van der Waals surface area contributed by atoms with Gasteiger partial charge in [0.25, 0.3) is 0 Å². The Morgan fingerprint density at radius 3 is 0.700 bits per heavy atom. The highest BCUT2D eigenvalue weighted by Gasteiger charge is 2.31. The van der Waals surface area contributed by atoms with Gasteiger partial charge in [0.05, 0.1) is 22.7 Å². The highest BCUT2D eigenvalue weighted by atomic mass is 15.8. The van der Waals surface area contributed by atoms with Gasteiger partial charge in [0.15, 0.2) is 0 Å². The average Bonchev–Trinajstić information content (AvgIpc) is 2.85. The van der Waals surface area contributed by atoms with Gasteiger partial charge in [-0.1, -0.05) is 72.8 Å². The fourth-order valence-corrected chi connectivity index (χ4v) is 3.84. The molecule has 0 radical (unpaired) electrons. The van der Waals surface area contributed by atoms with Crippen LogP contribution in [-0.2, 0) is 0 Å². The molecule has 30 heavy (non-hydrogen) atoms. The molecule has 4 nitrogen and oxygen atoms in total. The largest absolute Gasteiger partial charge is 0.262 e. The monoisotopic (exact) mass is 392 g/mol. The van der Waals surface area contributed by atoms with Gasteiger partial charge in [-0.2, -0.15) is 0 Å². The Balaban J connectivity index is 1.61. The zero-order valence-corrected chi connectivity index (χ0v) is 16.8. The fourth-order valence-electron chi connectivity index (χ4n) is 3.84. The van der Waals surface area contributed by atoms with E-state index in [1.165, 1.54) is 0 Å². The summed E-state index contributed by atoms with van der Waals surface area (Å²) < 4.78 is 0. The standard InChI is InChI=1S/C26H24N4/c1-5-13-23(14-6-1)27-21-29(25-17-9-3-10-18-25)30(26-19-11-4-12-20-26)22-28(27)24-15-7-2-8-16-24/h1-20H,21-22H2. The Hall–Kier alpha value is -3.92. The summed E-state index contributed by atoms with van der Waals surface area (Å²) in [4.78, 5) is 0. The molecule has 1 saturated heterocycles. The molecule has 0 aromatic heterocycles. The Morgan fingerprint density at radius 2 is 0.500 bits per heavy atom. The van der Waals surface area contributed by atoms with Crippen molar-refractivity contribution in [2.75, 3.05) is 33.4 Å². The number of benzene rings is 4. The second kappa shape index (κ2) is 8.21. The predicted octanol–water partition coefficient (Wildman–Crippen LogP) is 5.77. The molecule has 0 amide bonds. The van der Waals surface area contributed by atoms with Crippen LogP contribution >= 0.6 is 0 Å². The Kier molecular flexibility index (Phi) is 4.96. The van der Waals surface area contributed by atoms with Crippen LogP contribution in [0.4, 0.5) is 22.7 Å². The number of hydrogen-bond donors (Lipinski definition) is 0. The molecular weight excluding hydrogens is 368 g/mol. The van der Waals surface area contributed by atoms with Crippen LogP contribution in [0.25, 0.3) is 0 Å². The van der Waals surface area contributed by atoms with E-state index in [1.54, 1.807) is 0 Å². The summed E-state index contributed by atoms with van der Waals surface area (Å²) in [6.07, 6.45) is 0. The molecule has 5 rings (SSSR count). The SMILES string of the molecule is c1ccc(N2CN(c3ccccc3)N(c3ccccc3)CN2c2ccccc2)cc1. The summed E-state index contributed by atoms with van der Waals surface area (Å²) in [6, 6.07) is 42.3. The second-order valence-electron chi connectivity index (χ2n) is 7.22. The Bertz CT molecular complexity index is 879. The topological polar surface area (TPSA) is 13.0 Å². The molecule has 0 aliphatic carbocycles. The molecule has 4 aromatic carbocycles. The Labute approximate surface area is 177 Å². The average molecular weight is 393 g/mol. The molecule has 0 atom stereocenters. The molecular formula is C26H24N4. The number of para-hydroxylation sites is 4. The van der Waals surface area contributed by atoms with Crippen molar-refractivity contribution in [2.45, 2.75) is 0 Å². The van der Waals surface area contributed by atoms with Crippen molar-refractivity contribution in [3.8, 4) is 0 Å². The van der Waals surface area contributed by atoms with Gasteiger partial charge in [-0.15, -0.1) is 0 Å². The van der Waals surface area contributed by atoms with E-state index in [9.17, 15) is 0 Å². The van der Waals surface area contributed by atoms with Gasteiger partial charge < -0.3 is 0 Å². The van der Waals surface area contributed by atoms with Crippen LogP contribution in [0.3, 0.4) is 0 Å². The quantitative estimate of drug-likeness (QED) is 0.437. The first-order valence-electron chi connectivity index (χ1n) is 10.2. The zero-order valence-electron chi connectivity index (χ0n) is 16.8. The molecule has 1 aliphatic heterocycles. The third kappa shape index (κ3) is 3.55. The van der Waals surface area contributed by atoms with Crippen molar-refractivity contribution in [2.24, 2.45) is 0 Å². The molecule has 148 valence electrons. The fraction of sp³-hybridized carbons (Fsp3) is 0.0769. The van der Waals surface area contributed by atoms with E-state index >= 15 is 0 Å². The first-order chi connectivity index (χ1) is 14.9. The highest BCUT2D eigenvalue weighted by Crippen LogP contribution is 2.32. The number of hydrogen-bond acceptors (Lipinski definition) is 4. The predicted molar refractivity (Wildman–Crippen MR) is 125 cm³/mol. The molecule has 1 fully saturated rings. The van der Waals surface area contributed by atoms with Crippen molar-refractivity contribution in [1.29, 1.82) is 0 Å². The van der Waals surface area contributed by atoms with E-state index in [4.69, 9.17) is 0 Å². The number of anilines is 4. The normalized spacial score (nSPS) is 14.1. The summed E-state index contributed by atoms with van der Waals surface area (Å²) in [5, 5.41) is 9.34. The summed E-state index contributed by atoms with van der Waals surface area (Å²) in [6.45, 7) is 1.38. The highest BCUT2D eigenvalue weighted by molar-refractivity contribution is 5.66. The lowest BCUT2D eigenvalue weighted by atomic mass is 10.2. The van der Waals surface area contributed by atoms with Gasteiger partial charge in [0.1, 0.15) is 13.3 Å². The van der Waals surface area contributed by atoms with Crippen molar-refractivity contribution in [3.63, 3.8) is 0 Å². The molecule has 0 spiro atoms. The first kappa shape index (κ1) is 18.1. The van der Waals surface area contributed by atoms with Gasteiger partial charge in [0.2, 0.25) is 0 Å². The van der Waals surface area contributed by atoms with E-state index in [0.29, 0.717) is 13.3 Å². The molecule has 4 heteroatoms. The summed E-state index contributed by atoms with van der Waals surface area (Å²) >= 11 is 0. The van der Waals surface area contributed by atoms with Crippen molar-refractivity contribution >= 4 is 22.7 Å². The molecule has 1 aliphatic rings. The minimum atomic E-state index is 0.692. The van der Waals surface area contributed by atoms with Crippen LogP contribution in [0.2, 0.25) is 0 Å². The lowest BCUT2D eigenvalue weighted by Crippen LogP contribution is -2.65. The number of hydrazine groups is 2. The molecule has 0 saturated carbocycles. The number of nitrogens with zero attached hydrogens (tertiary/aromatic N) is 4. The van der Waals surface area contributed by atoms with Crippen molar-refractivity contribution in [1.82, 2.24) is 0 Å². The van der Waals surface area contributed by atoms with Crippen molar-refractivity contribution in [3.05, 3.63) is 121 Å². The van der Waals surface area contributed by atoms with Crippen LogP contribution < -0.4 is 20.0 Å². The van der Waals surface area contributed by atoms with E-state index in [0.717, 1.165) is 22.7 Å². The summed E-state index contributed by atoms with van der Waals surface area (Å²) in [7, 11) is 0. The van der Waals surface area contributed by atoms with Crippen LogP contribution in [-0.4, -0.2) is 13.3 Å².